The van der Waals surface area contributed by atoms with Crippen molar-refractivity contribution < 1.29 is 9.47 Å². The maximum Gasteiger partial charge on any atom is 0.214 e. The Morgan fingerprint density at radius 1 is 1.25 bits per heavy atom. The first kappa shape index (κ1) is 17.0. The molecular formula is C17H15Cl2N3O2. The number of halogens is 2. The minimum atomic E-state index is -0.317. The number of aromatic nitrogens is 1. The van der Waals surface area contributed by atoms with E-state index in [0.29, 0.717) is 34.8 Å². The highest BCUT2D eigenvalue weighted by Crippen LogP contribution is 2.31. The van der Waals surface area contributed by atoms with Gasteiger partial charge >= 0.3 is 0 Å². The number of benzene rings is 1. The molecule has 2 heterocycles. The number of nitrogens with zero attached hydrogens (tertiary/aromatic N) is 2. The van der Waals surface area contributed by atoms with Crippen LogP contribution in [0, 0.1) is 11.3 Å². The Labute approximate surface area is 150 Å². The van der Waals surface area contributed by atoms with E-state index in [1.165, 1.54) is 0 Å². The standard InChI is InChI=1S/C17H15Cl2N3O2/c18-13-5-4-11(8-14(13)19)17-15(10-21-6-7-23-17)24-16-3-1-2-12(9-20)22-16/h1-5,8,15,17,21H,6-7,10H2/t15-,17+/m0/s1. The molecule has 24 heavy (non-hydrogen) atoms. The normalized spacial score (nSPS) is 20.9. The molecule has 0 radical (unpaired) electrons. The third kappa shape index (κ3) is 3.97. The van der Waals surface area contributed by atoms with E-state index in [9.17, 15) is 0 Å². The van der Waals surface area contributed by atoms with E-state index in [1.807, 2.05) is 12.1 Å². The van der Waals surface area contributed by atoms with Crippen molar-refractivity contribution in [2.24, 2.45) is 0 Å². The molecule has 1 aromatic heterocycles. The van der Waals surface area contributed by atoms with Crippen molar-refractivity contribution >= 4 is 23.2 Å². The van der Waals surface area contributed by atoms with Crippen LogP contribution in [0.3, 0.4) is 0 Å². The van der Waals surface area contributed by atoms with E-state index in [0.717, 1.165) is 12.1 Å². The van der Waals surface area contributed by atoms with Crippen molar-refractivity contribution in [2.45, 2.75) is 12.2 Å². The van der Waals surface area contributed by atoms with Crippen molar-refractivity contribution in [1.29, 1.82) is 5.26 Å². The summed E-state index contributed by atoms with van der Waals surface area (Å²) in [4.78, 5) is 4.16. The van der Waals surface area contributed by atoms with Gasteiger partial charge < -0.3 is 14.8 Å². The lowest BCUT2D eigenvalue weighted by Crippen LogP contribution is -2.34. The minimum absolute atomic E-state index is 0.307. The monoisotopic (exact) mass is 363 g/mol. The SMILES string of the molecule is N#Cc1cccc(O[C@H]2CNCCO[C@@H]2c2ccc(Cl)c(Cl)c2)n1. The molecule has 0 aliphatic carbocycles. The molecule has 0 bridgehead atoms. The molecule has 0 amide bonds. The Bertz CT molecular complexity index is 764. The van der Waals surface area contributed by atoms with Crippen LogP contribution >= 0.6 is 23.2 Å². The number of nitrogens with one attached hydrogen (secondary N) is 1. The zero-order valence-electron chi connectivity index (χ0n) is 12.7. The van der Waals surface area contributed by atoms with Crippen LogP contribution in [0.15, 0.2) is 36.4 Å². The second-order valence-electron chi connectivity index (χ2n) is 5.30. The summed E-state index contributed by atoms with van der Waals surface area (Å²) in [5, 5.41) is 13.2. The summed E-state index contributed by atoms with van der Waals surface area (Å²) in [7, 11) is 0. The van der Waals surface area contributed by atoms with Gasteiger partial charge in [0.1, 0.15) is 24.0 Å². The van der Waals surface area contributed by atoms with Gasteiger partial charge in [-0.1, -0.05) is 35.3 Å². The lowest BCUT2D eigenvalue weighted by Gasteiger charge is -2.25. The van der Waals surface area contributed by atoms with Crippen LogP contribution in [0.25, 0.3) is 0 Å². The number of rotatable bonds is 3. The fraction of sp³-hybridized carbons (Fsp3) is 0.294. The molecule has 7 heteroatoms. The van der Waals surface area contributed by atoms with Gasteiger partial charge in [0.15, 0.2) is 0 Å². The van der Waals surface area contributed by atoms with Crippen molar-refractivity contribution in [3.63, 3.8) is 0 Å². The molecule has 2 aromatic rings. The molecular weight excluding hydrogens is 349 g/mol. The third-order valence-electron chi connectivity index (χ3n) is 3.64. The first-order chi connectivity index (χ1) is 11.7. The average molecular weight is 364 g/mol. The van der Waals surface area contributed by atoms with Crippen LogP contribution in [-0.4, -0.2) is 30.8 Å². The Hall–Kier alpha value is -1.84. The minimum Gasteiger partial charge on any atom is -0.470 e. The third-order valence-corrected chi connectivity index (χ3v) is 4.38. The molecule has 0 unspecified atom stereocenters. The molecule has 5 nitrogen and oxygen atoms in total. The highest BCUT2D eigenvalue weighted by molar-refractivity contribution is 6.42. The lowest BCUT2D eigenvalue weighted by molar-refractivity contribution is -0.0100. The van der Waals surface area contributed by atoms with E-state index in [1.54, 1.807) is 30.3 Å². The number of ether oxygens (including phenoxy) is 2. The average Bonchev–Trinajstić information content (AvgIpc) is 2.83. The second kappa shape index (κ2) is 7.82. The Kier molecular flexibility index (Phi) is 5.54. The molecule has 1 aliphatic rings. The maximum atomic E-state index is 8.97. The number of hydrogen-bond acceptors (Lipinski definition) is 5. The van der Waals surface area contributed by atoms with Gasteiger partial charge in [-0.25, -0.2) is 4.98 Å². The van der Waals surface area contributed by atoms with Crippen LogP contribution in [-0.2, 0) is 4.74 Å². The molecule has 1 fully saturated rings. The maximum absolute atomic E-state index is 8.97. The first-order valence-corrected chi connectivity index (χ1v) is 8.24. The molecule has 1 N–H and O–H groups in total. The van der Waals surface area contributed by atoms with Crippen LogP contribution < -0.4 is 10.1 Å². The molecule has 1 aromatic carbocycles. The molecule has 1 saturated heterocycles. The van der Waals surface area contributed by atoms with Crippen molar-refractivity contribution in [2.75, 3.05) is 19.7 Å². The lowest BCUT2D eigenvalue weighted by atomic mass is 10.0. The van der Waals surface area contributed by atoms with Gasteiger partial charge in [-0.3, -0.25) is 0 Å². The predicted molar refractivity (Wildman–Crippen MR) is 91.4 cm³/mol. The molecule has 0 spiro atoms. The highest BCUT2D eigenvalue weighted by atomic mass is 35.5. The molecule has 3 rings (SSSR count). The van der Waals surface area contributed by atoms with Crippen molar-refractivity contribution in [3.8, 4) is 11.9 Å². The van der Waals surface area contributed by atoms with Gasteiger partial charge in [0, 0.05) is 19.2 Å². The van der Waals surface area contributed by atoms with Crippen molar-refractivity contribution in [3.05, 3.63) is 57.7 Å². The Morgan fingerprint density at radius 3 is 2.92 bits per heavy atom. The van der Waals surface area contributed by atoms with E-state index >= 15 is 0 Å². The summed E-state index contributed by atoms with van der Waals surface area (Å²) in [6.07, 6.45) is -0.631. The van der Waals surface area contributed by atoms with Gasteiger partial charge in [0.2, 0.25) is 5.88 Å². The van der Waals surface area contributed by atoms with Gasteiger partial charge in [-0.05, 0) is 23.8 Å². The summed E-state index contributed by atoms with van der Waals surface area (Å²) in [6, 6.07) is 12.5. The summed E-state index contributed by atoms with van der Waals surface area (Å²) < 4.78 is 11.9. The topological polar surface area (TPSA) is 67.2 Å². The molecule has 1 aliphatic heterocycles. The Morgan fingerprint density at radius 2 is 2.12 bits per heavy atom. The second-order valence-corrected chi connectivity index (χ2v) is 6.11. The smallest absolute Gasteiger partial charge is 0.214 e. The molecule has 2 atom stereocenters. The summed E-state index contributed by atoms with van der Waals surface area (Å²) >= 11 is 12.1. The summed E-state index contributed by atoms with van der Waals surface area (Å²) in [5.74, 6) is 0.386. The molecule has 0 saturated carbocycles. The Balaban J connectivity index is 1.87. The fourth-order valence-corrected chi connectivity index (χ4v) is 2.82. The van der Waals surface area contributed by atoms with E-state index in [2.05, 4.69) is 10.3 Å². The van der Waals surface area contributed by atoms with E-state index in [4.69, 9.17) is 37.9 Å². The molecule has 124 valence electrons. The van der Waals surface area contributed by atoms with Gasteiger partial charge in [0.25, 0.3) is 0 Å². The quantitative estimate of drug-likeness (QED) is 0.905. The van der Waals surface area contributed by atoms with Crippen LogP contribution in [0.1, 0.15) is 17.4 Å². The van der Waals surface area contributed by atoms with Gasteiger partial charge in [0.05, 0.1) is 16.7 Å². The van der Waals surface area contributed by atoms with Gasteiger partial charge in [-0.2, -0.15) is 5.26 Å². The van der Waals surface area contributed by atoms with Crippen molar-refractivity contribution in [1.82, 2.24) is 10.3 Å². The van der Waals surface area contributed by atoms with E-state index in [-0.39, 0.29) is 12.2 Å². The zero-order valence-corrected chi connectivity index (χ0v) is 14.2. The predicted octanol–water partition coefficient (Wildman–Crippen LogP) is 3.37. The summed E-state index contributed by atoms with van der Waals surface area (Å²) in [5.41, 5.74) is 1.19. The van der Waals surface area contributed by atoms with Crippen LogP contribution in [0.5, 0.6) is 5.88 Å². The fourth-order valence-electron chi connectivity index (χ4n) is 2.52. The number of nitriles is 1. The highest BCUT2D eigenvalue weighted by Gasteiger charge is 2.28. The summed E-state index contributed by atoms with van der Waals surface area (Å²) in [6.45, 7) is 1.86. The van der Waals surface area contributed by atoms with E-state index < -0.39 is 0 Å². The first-order valence-electron chi connectivity index (χ1n) is 7.48. The number of pyridine rings is 1. The largest absolute Gasteiger partial charge is 0.470 e. The number of hydrogen-bond donors (Lipinski definition) is 1. The van der Waals surface area contributed by atoms with Crippen LogP contribution in [0.2, 0.25) is 10.0 Å². The van der Waals surface area contributed by atoms with Crippen LogP contribution in [0.4, 0.5) is 0 Å². The zero-order chi connectivity index (χ0) is 16.9. The van der Waals surface area contributed by atoms with Gasteiger partial charge in [-0.15, -0.1) is 0 Å².